The van der Waals surface area contributed by atoms with Gasteiger partial charge >= 0.3 is 0 Å². The third kappa shape index (κ3) is 2.41. The molecule has 0 spiro atoms. The third-order valence-corrected chi connectivity index (χ3v) is 1.49. The van der Waals surface area contributed by atoms with Crippen LogP contribution >= 0.6 is 0 Å². The zero-order valence-electron chi connectivity index (χ0n) is 7.20. The molecule has 13 heavy (non-hydrogen) atoms. The van der Waals surface area contributed by atoms with Gasteiger partial charge in [-0.15, -0.1) is 0 Å². The maximum absolute atomic E-state index is 11.1. The molecule has 1 unspecified atom stereocenters. The van der Waals surface area contributed by atoms with Crippen molar-refractivity contribution in [3.05, 3.63) is 28.7 Å². The Balaban J connectivity index is 2.81. The van der Waals surface area contributed by atoms with Gasteiger partial charge in [-0.25, -0.2) is 0 Å². The van der Waals surface area contributed by atoms with Gasteiger partial charge in [-0.05, 0) is 19.1 Å². The van der Waals surface area contributed by atoms with Crippen molar-refractivity contribution in [3.63, 3.8) is 0 Å². The van der Waals surface area contributed by atoms with Gasteiger partial charge in [0.05, 0.1) is 6.04 Å². The Hall–Kier alpha value is -1.62. The molecule has 70 valence electrons. The van der Waals surface area contributed by atoms with E-state index in [1.54, 1.807) is 13.0 Å². The number of amides is 1. The van der Waals surface area contributed by atoms with E-state index in [0.29, 0.717) is 0 Å². The van der Waals surface area contributed by atoms with E-state index in [9.17, 15) is 9.59 Å². The molecular weight excluding hydrogens is 170 g/mol. The monoisotopic (exact) mass is 181 g/mol. The Bertz CT molecular complexity index is 356. The number of hydrogen-bond acceptors (Lipinski definition) is 3. The lowest BCUT2D eigenvalue weighted by Gasteiger charge is -2.05. The van der Waals surface area contributed by atoms with E-state index >= 15 is 0 Å². The molecule has 1 rings (SSSR count). The van der Waals surface area contributed by atoms with Crippen molar-refractivity contribution in [2.45, 2.75) is 13.0 Å². The molecule has 0 saturated heterocycles. The first-order valence-electron chi connectivity index (χ1n) is 3.85. The fourth-order valence-corrected chi connectivity index (χ4v) is 0.767. The largest absolute Gasteiger partial charge is 0.327 e. The molecule has 0 aliphatic heterocycles. The molecule has 0 radical (unpaired) electrons. The average molecular weight is 181 g/mol. The summed E-state index contributed by atoms with van der Waals surface area (Å²) in [7, 11) is 0. The molecule has 5 nitrogen and oxygen atoms in total. The van der Waals surface area contributed by atoms with Crippen LogP contribution < -0.4 is 16.6 Å². The molecule has 0 saturated carbocycles. The second-order valence-corrected chi connectivity index (χ2v) is 2.69. The van der Waals surface area contributed by atoms with E-state index < -0.39 is 6.04 Å². The number of aromatic nitrogens is 1. The van der Waals surface area contributed by atoms with Crippen LogP contribution in [0.25, 0.3) is 0 Å². The normalized spacial score (nSPS) is 12.2. The Labute approximate surface area is 75.0 Å². The van der Waals surface area contributed by atoms with E-state index in [0.717, 1.165) is 0 Å². The van der Waals surface area contributed by atoms with Crippen molar-refractivity contribution in [1.82, 2.24) is 4.98 Å². The number of rotatable bonds is 2. The van der Waals surface area contributed by atoms with Gasteiger partial charge in [-0.2, -0.15) is 0 Å². The van der Waals surface area contributed by atoms with E-state index in [2.05, 4.69) is 10.3 Å². The molecule has 1 heterocycles. The van der Waals surface area contributed by atoms with E-state index in [1.165, 1.54) is 12.3 Å². The van der Waals surface area contributed by atoms with Crippen molar-refractivity contribution < 1.29 is 4.79 Å². The summed E-state index contributed by atoms with van der Waals surface area (Å²) in [5.41, 5.74) is 5.19. The van der Waals surface area contributed by atoms with Crippen LogP contribution in [0, 0.1) is 0 Å². The van der Waals surface area contributed by atoms with Crippen molar-refractivity contribution in [1.29, 1.82) is 0 Å². The number of carbonyl (C=O) groups is 1. The highest BCUT2D eigenvalue weighted by Crippen LogP contribution is 1.96. The minimum atomic E-state index is -0.625. The number of aromatic amines is 1. The SMILES string of the molecule is CC(N)C(=O)Nc1ccc[nH]c1=O. The Morgan fingerprint density at radius 1 is 1.69 bits per heavy atom. The maximum atomic E-state index is 11.1. The first kappa shape index (κ1) is 9.47. The molecule has 1 amide bonds. The van der Waals surface area contributed by atoms with Crippen LogP contribution in [-0.4, -0.2) is 16.9 Å². The third-order valence-electron chi connectivity index (χ3n) is 1.49. The van der Waals surface area contributed by atoms with Crippen molar-refractivity contribution in [2.24, 2.45) is 5.73 Å². The van der Waals surface area contributed by atoms with Crippen molar-refractivity contribution >= 4 is 11.6 Å². The minimum Gasteiger partial charge on any atom is -0.327 e. The van der Waals surface area contributed by atoms with Gasteiger partial charge in [-0.1, -0.05) is 0 Å². The summed E-state index contributed by atoms with van der Waals surface area (Å²) in [6.07, 6.45) is 1.49. The molecule has 0 bridgehead atoms. The maximum Gasteiger partial charge on any atom is 0.271 e. The number of H-pyrrole nitrogens is 1. The lowest BCUT2D eigenvalue weighted by atomic mass is 10.3. The van der Waals surface area contributed by atoms with Crippen LogP contribution in [0.3, 0.4) is 0 Å². The number of anilines is 1. The summed E-state index contributed by atoms with van der Waals surface area (Å²) >= 11 is 0. The summed E-state index contributed by atoms with van der Waals surface area (Å²) in [6.45, 7) is 1.55. The van der Waals surface area contributed by atoms with Crippen LogP contribution in [0.4, 0.5) is 5.69 Å². The first-order chi connectivity index (χ1) is 6.11. The van der Waals surface area contributed by atoms with Crippen molar-refractivity contribution in [3.8, 4) is 0 Å². The van der Waals surface area contributed by atoms with Crippen LogP contribution in [-0.2, 0) is 4.79 Å². The van der Waals surface area contributed by atoms with E-state index in [-0.39, 0.29) is 17.2 Å². The highest BCUT2D eigenvalue weighted by molar-refractivity contribution is 5.94. The van der Waals surface area contributed by atoms with Gasteiger partial charge in [0, 0.05) is 6.20 Å². The Kier molecular flexibility index (Phi) is 2.81. The second kappa shape index (κ2) is 3.86. The van der Waals surface area contributed by atoms with Gasteiger partial charge < -0.3 is 16.0 Å². The van der Waals surface area contributed by atoms with Gasteiger partial charge in [0.2, 0.25) is 5.91 Å². The molecule has 1 aromatic rings. The Morgan fingerprint density at radius 3 is 2.92 bits per heavy atom. The first-order valence-corrected chi connectivity index (χ1v) is 3.85. The second-order valence-electron chi connectivity index (χ2n) is 2.69. The molecular formula is C8H11N3O2. The average Bonchev–Trinajstić information content (AvgIpc) is 2.08. The lowest BCUT2D eigenvalue weighted by Crippen LogP contribution is -2.34. The quantitative estimate of drug-likeness (QED) is 0.583. The number of hydrogen-bond donors (Lipinski definition) is 3. The summed E-state index contributed by atoms with van der Waals surface area (Å²) in [6, 6.07) is 2.51. The number of nitrogens with two attached hydrogens (primary N) is 1. The van der Waals surface area contributed by atoms with E-state index in [4.69, 9.17) is 5.73 Å². The number of pyridine rings is 1. The standard InChI is InChI=1S/C8H11N3O2/c1-5(9)7(12)11-6-3-2-4-10-8(6)13/h2-5H,9H2,1H3,(H,10,13)(H,11,12). The van der Waals surface area contributed by atoms with Gasteiger partial charge in [0.1, 0.15) is 5.69 Å². The fourth-order valence-electron chi connectivity index (χ4n) is 0.767. The molecule has 0 aliphatic rings. The summed E-state index contributed by atoms with van der Waals surface area (Å²) in [5, 5.41) is 2.40. The molecule has 0 fully saturated rings. The minimum absolute atomic E-state index is 0.213. The summed E-state index contributed by atoms with van der Waals surface area (Å²) in [4.78, 5) is 24.6. The Morgan fingerprint density at radius 2 is 2.38 bits per heavy atom. The van der Waals surface area contributed by atoms with Gasteiger partial charge in [-0.3, -0.25) is 9.59 Å². The zero-order chi connectivity index (χ0) is 9.84. The molecule has 4 N–H and O–H groups in total. The zero-order valence-corrected chi connectivity index (χ0v) is 7.20. The van der Waals surface area contributed by atoms with Crippen LogP contribution in [0.5, 0.6) is 0 Å². The van der Waals surface area contributed by atoms with Crippen LogP contribution in [0.1, 0.15) is 6.92 Å². The fraction of sp³-hybridized carbons (Fsp3) is 0.250. The molecule has 0 aliphatic carbocycles. The predicted octanol–water partition coefficient (Wildman–Crippen LogP) is -0.339. The topological polar surface area (TPSA) is 88.0 Å². The van der Waals surface area contributed by atoms with Gasteiger partial charge in [0.25, 0.3) is 5.56 Å². The predicted molar refractivity (Wildman–Crippen MR) is 49.3 cm³/mol. The highest BCUT2D eigenvalue weighted by atomic mass is 16.2. The van der Waals surface area contributed by atoms with Crippen molar-refractivity contribution in [2.75, 3.05) is 5.32 Å². The molecule has 0 aromatic carbocycles. The van der Waals surface area contributed by atoms with Gasteiger partial charge in [0.15, 0.2) is 0 Å². The highest BCUT2D eigenvalue weighted by Gasteiger charge is 2.08. The summed E-state index contributed by atoms with van der Waals surface area (Å²) in [5.74, 6) is -0.378. The molecule has 5 heteroatoms. The molecule has 1 aromatic heterocycles. The lowest BCUT2D eigenvalue weighted by molar-refractivity contribution is -0.117. The number of carbonyl (C=O) groups excluding carboxylic acids is 1. The van der Waals surface area contributed by atoms with E-state index in [1.807, 2.05) is 0 Å². The number of nitrogens with one attached hydrogen (secondary N) is 2. The summed E-state index contributed by atoms with van der Waals surface area (Å²) < 4.78 is 0. The van der Waals surface area contributed by atoms with Crippen LogP contribution in [0.2, 0.25) is 0 Å². The van der Waals surface area contributed by atoms with Crippen LogP contribution in [0.15, 0.2) is 23.1 Å². The smallest absolute Gasteiger partial charge is 0.271 e. The molecule has 1 atom stereocenters.